The number of hydrogen-bond acceptors (Lipinski definition) is 5. The zero-order valence-corrected chi connectivity index (χ0v) is 18.9. The zero-order valence-electron chi connectivity index (χ0n) is 18.1. The highest BCUT2D eigenvalue weighted by Crippen LogP contribution is 2.31. The summed E-state index contributed by atoms with van der Waals surface area (Å²) in [5, 5.41) is 8.61. The molecular formula is C23H27N5O3S. The van der Waals surface area contributed by atoms with Crippen LogP contribution in [0.1, 0.15) is 43.0 Å². The Morgan fingerprint density at radius 1 is 0.969 bits per heavy atom. The molecule has 8 nitrogen and oxygen atoms in total. The number of carbonyl (C=O) groups excluding carboxylic acids is 1. The van der Waals surface area contributed by atoms with E-state index < -0.39 is 16.1 Å². The van der Waals surface area contributed by atoms with Crippen molar-refractivity contribution >= 4 is 21.6 Å². The van der Waals surface area contributed by atoms with Crippen molar-refractivity contribution in [2.45, 2.75) is 49.5 Å². The van der Waals surface area contributed by atoms with Crippen molar-refractivity contribution in [3.05, 3.63) is 60.0 Å². The van der Waals surface area contributed by atoms with Crippen LogP contribution in [0.5, 0.6) is 0 Å². The van der Waals surface area contributed by atoms with Crippen LogP contribution >= 0.6 is 0 Å². The van der Waals surface area contributed by atoms with E-state index in [2.05, 4.69) is 10.2 Å². The third-order valence-corrected chi connectivity index (χ3v) is 8.55. The molecule has 0 unspecified atom stereocenters. The van der Waals surface area contributed by atoms with Gasteiger partial charge in [0.05, 0.1) is 4.90 Å². The minimum Gasteiger partial charge on any atom is -0.341 e. The van der Waals surface area contributed by atoms with E-state index in [0.29, 0.717) is 32.5 Å². The summed E-state index contributed by atoms with van der Waals surface area (Å²) < 4.78 is 29.8. The van der Waals surface area contributed by atoms with Crippen LogP contribution in [0, 0.1) is 6.92 Å². The SMILES string of the molecule is Cc1ccc(S(=O)(=O)N2CCC[C@H]2C(=O)N2CCC(c3nnc4ccccn34)CC2)cc1. The van der Waals surface area contributed by atoms with Gasteiger partial charge in [-0.3, -0.25) is 9.20 Å². The molecule has 2 saturated heterocycles. The molecule has 1 amide bonds. The summed E-state index contributed by atoms with van der Waals surface area (Å²) >= 11 is 0. The Morgan fingerprint density at radius 2 is 1.72 bits per heavy atom. The van der Waals surface area contributed by atoms with Crippen molar-refractivity contribution in [3.8, 4) is 0 Å². The van der Waals surface area contributed by atoms with E-state index in [1.165, 1.54) is 4.31 Å². The molecule has 0 spiro atoms. The molecule has 2 aromatic heterocycles. The van der Waals surface area contributed by atoms with Crippen LogP contribution in [0.3, 0.4) is 0 Å². The van der Waals surface area contributed by atoms with Gasteiger partial charge < -0.3 is 4.90 Å². The van der Waals surface area contributed by atoms with Crippen LogP contribution in [0.2, 0.25) is 0 Å². The fourth-order valence-electron chi connectivity index (χ4n) is 4.83. The molecule has 0 N–H and O–H groups in total. The van der Waals surface area contributed by atoms with E-state index in [-0.39, 0.29) is 16.7 Å². The quantitative estimate of drug-likeness (QED) is 0.606. The molecule has 9 heteroatoms. The monoisotopic (exact) mass is 453 g/mol. The number of nitrogens with zero attached hydrogens (tertiary/aromatic N) is 5. The Hall–Kier alpha value is -2.78. The number of fused-ring (bicyclic) bond motifs is 1. The molecule has 0 radical (unpaired) electrons. The first-order valence-corrected chi connectivity index (χ1v) is 12.6. The van der Waals surface area contributed by atoms with Gasteiger partial charge in [-0.1, -0.05) is 23.8 Å². The van der Waals surface area contributed by atoms with Gasteiger partial charge in [-0.05, 0) is 56.9 Å². The number of amides is 1. The maximum atomic E-state index is 13.3. The van der Waals surface area contributed by atoms with E-state index >= 15 is 0 Å². The molecule has 5 rings (SSSR count). The molecule has 0 saturated carbocycles. The number of pyridine rings is 1. The van der Waals surface area contributed by atoms with Gasteiger partial charge in [0.15, 0.2) is 5.65 Å². The third kappa shape index (κ3) is 3.69. The van der Waals surface area contributed by atoms with Gasteiger partial charge in [0.25, 0.3) is 0 Å². The molecule has 2 aliphatic heterocycles. The molecule has 1 aromatic carbocycles. The van der Waals surface area contributed by atoms with E-state index in [9.17, 15) is 13.2 Å². The predicted octanol–water partition coefficient (Wildman–Crippen LogP) is 2.60. The van der Waals surface area contributed by atoms with E-state index in [1.807, 2.05) is 40.6 Å². The predicted molar refractivity (Wildman–Crippen MR) is 120 cm³/mol. The Balaban J connectivity index is 1.29. The second-order valence-corrected chi connectivity index (χ2v) is 10.6. The second kappa shape index (κ2) is 8.29. The van der Waals surface area contributed by atoms with Gasteiger partial charge in [0.2, 0.25) is 15.9 Å². The van der Waals surface area contributed by atoms with Crippen LogP contribution in [0.4, 0.5) is 0 Å². The molecule has 0 bridgehead atoms. The molecule has 4 heterocycles. The normalized spacial score (nSPS) is 20.8. The lowest BCUT2D eigenvalue weighted by Gasteiger charge is -2.34. The van der Waals surface area contributed by atoms with Gasteiger partial charge in [0, 0.05) is 31.7 Å². The van der Waals surface area contributed by atoms with Crippen LogP contribution in [-0.4, -0.2) is 63.8 Å². The summed E-state index contributed by atoms with van der Waals surface area (Å²) in [5.41, 5.74) is 1.82. The van der Waals surface area contributed by atoms with Crippen molar-refractivity contribution in [1.29, 1.82) is 0 Å². The number of likely N-dealkylation sites (tertiary alicyclic amines) is 1. The van der Waals surface area contributed by atoms with Crippen LogP contribution in [0.15, 0.2) is 53.6 Å². The Kier molecular flexibility index (Phi) is 5.46. The number of benzene rings is 1. The number of sulfonamides is 1. The first kappa shape index (κ1) is 21.1. The lowest BCUT2D eigenvalue weighted by Crippen LogP contribution is -2.49. The number of aromatic nitrogens is 3. The standard InChI is InChI=1S/C23H27N5O3S/c1-17-7-9-19(10-8-17)32(30,31)28-14-4-5-20(28)23(29)26-15-11-18(12-16-26)22-25-24-21-6-2-3-13-27(21)22/h2-3,6-10,13,18,20H,4-5,11-12,14-16H2,1H3/t20-/m0/s1. The maximum absolute atomic E-state index is 13.3. The smallest absolute Gasteiger partial charge is 0.243 e. The lowest BCUT2D eigenvalue weighted by molar-refractivity contribution is -0.135. The summed E-state index contributed by atoms with van der Waals surface area (Å²) in [6.07, 6.45) is 4.81. The Morgan fingerprint density at radius 3 is 2.47 bits per heavy atom. The minimum atomic E-state index is -3.69. The summed E-state index contributed by atoms with van der Waals surface area (Å²) in [6.45, 7) is 3.50. The molecule has 0 aliphatic carbocycles. The van der Waals surface area contributed by atoms with E-state index in [4.69, 9.17) is 0 Å². The van der Waals surface area contributed by atoms with Crippen molar-refractivity contribution in [1.82, 2.24) is 23.8 Å². The molecule has 3 aromatic rings. The number of hydrogen-bond donors (Lipinski definition) is 0. The summed E-state index contributed by atoms with van der Waals surface area (Å²) in [6, 6.07) is 12.0. The number of aryl methyl sites for hydroxylation is 1. The largest absolute Gasteiger partial charge is 0.341 e. The highest BCUT2D eigenvalue weighted by molar-refractivity contribution is 7.89. The van der Waals surface area contributed by atoms with Crippen molar-refractivity contribution in [3.63, 3.8) is 0 Å². The van der Waals surface area contributed by atoms with Crippen molar-refractivity contribution < 1.29 is 13.2 Å². The molecule has 1 atom stereocenters. The molecule has 168 valence electrons. The Bertz CT molecular complexity index is 1230. The Labute approximate surface area is 187 Å². The van der Waals surface area contributed by atoms with E-state index in [0.717, 1.165) is 29.9 Å². The van der Waals surface area contributed by atoms with Gasteiger partial charge in [-0.15, -0.1) is 10.2 Å². The van der Waals surface area contributed by atoms with Gasteiger partial charge >= 0.3 is 0 Å². The first-order valence-electron chi connectivity index (χ1n) is 11.1. The minimum absolute atomic E-state index is 0.0808. The lowest BCUT2D eigenvalue weighted by atomic mass is 9.95. The van der Waals surface area contributed by atoms with Crippen LogP contribution in [0.25, 0.3) is 5.65 Å². The molecule has 2 aliphatic rings. The fourth-order valence-corrected chi connectivity index (χ4v) is 6.48. The molecule has 32 heavy (non-hydrogen) atoms. The van der Waals surface area contributed by atoms with Crippen LogP contribution < -0.4 is 0 Å². The average molecular weight is 454 g/mol. The highest BCUT2D eigenvalue weighted by atomic mass is 32.2. The topological polar surface area (TPSA) is 87.9 Å². The number of carbonyl (C=O) groups is 1. The third-order valence-electron chi connectivity index (χ3n) is 6.63. The van der Waals surface area contributed by atoms with Crippen molar-refractivity contribution in [2.24, 2.45) is 0 Å². The fraction of sp³-hybridized carbons (Fsp3) is 0.435. The van der Waals surface area contributed by atoms with Crippen molar-refractivity contribution in [2.75, 3.05) is 19.6 Å². The first-order chi connectivity index (χ1) is 15.4. The zero-order chi connectivity index (χ0) is 22.3. The van der Waals surface area contributed by atoms with Gasteiger partial charge in [-0.2, -0.15) is 4.31 Å². The number of piperidine rings is 1. The maximum Gasteiger partial charge on any atom is 0.243 e. The summed E-state index contributed by atoms with van der Waals surface area (Å²) in [4.78, 5) is 15.4. The number of rotatable bonds is 4. The second-order valence-electron chi connectivity index (χ2n) is 8.67. The molecule has 2 fully saturated rings. The summed E-state index contributed by atoms with van der Waals surface area (Å²) in [7, 11) is -3.69. The average Bonchev–Trinajstić information content (AvgIpc) is 3.47. The van der Waals surface area contributed by atoms with E-state index in [1.54, 1.807) is 24.3 Å². The molecular weight excluding hydrogens is 426 g/mol. The van der Waals surface area contributed by atoms with Gasteiger partial charge in [-0.25, -0.2) is 8.42 Å². The van der Waals surface area contributed by atoms with Gasteiger partial charge in [0.1, 0.15) is 11.9 Å². The van der Waals surface area contributed by atoms with Crippen LogP contribution in [-0.2, 0) is 14.8 Å². The highest BCUT2D eigenvalue weighted by Gasteiger charge is 2.42. The summed E-state index contributed by atoms with van der Waals surface area (Å²) in [5.74, 6) is 1.08.